The summed E-state index contributed by atoms with van der Waals surface area (Å²) in [6, 6.07) is 0. The molecule has 2 atom stereocenters. The van der Waals surface area contributed by atoms with E-state index in [4.69, 9.17) is 18.5 Å². The number of aliphatic hydroxyl groups is 1. The molecule has 0 spiro atoms. The van der Waals surface area contributed by atoms with Crippen molar-refractivity contribution in [2.75, 3.05) is 20.6 Å². The number of hydrogen-bond acceptors (Lipinski definition) is 9. The summed E-state index contributed by atoms with van der Waals surface area (Å²) in [5.74, 6) is -1.86. The van der Waals surface area contributed by atoms with E-state index in [1.54, 1.807) is 41.5 Å². The fourth-order valence-corrected chi connectivity index (χ4v) is 3.79. The number of carbonyl (C=O) groups is 3. The fraction of sp³-hybridized carbons (Fsp3) is 0.824. The van der Waals surface area contributed by atoms with Gasteiger partial charge in [0, 0.05) is 13.5 Å². The van der Waals surface area contributed by atoms with E-state index in [2.05, 4.69) is 0 Å². The minimum Gasteiger partial charge on any atom is -0.438 e. The van der Waals surface area contributed by atoms with E-state index in [1.165, 1.54) is 7.05 Å². The highest BCUT2D eigenvalue weighted by Gasteiger charge is 2.50. The van der Waals surface area contributed by atoms with Crippen molar-refractivity contribution in [1.82, 2.24) is 4.90 Å². The Bertz CT molecular complexity index is 614. The molecule has 1 fully saturated rings. The number of rotatable bonds is 7. The zero-order valence-corrected chi connectivity index (χ0v) is 18.3. The van der Waals surface area contributed by atoms with Crippen LogP contribution in [0.15, 0.2) is 0 Å². The van der Waals surface area contributed by atoms with Gasteiger partial charge in [-0.1, -0.05) is 0 Å². The molecule has 0 aromatic carbocycles. The first-order chi connectivity index (χ1) is 12.6. The van der Waals surface area contributed by atoms with Gasteiger partial charge in [0.25, 0.3) is 0 Å². The van der Waals surface area contributed by atoms with Crippen molar-refractivity contribution in [2.24, 2.45) is 10.8 Å². The average Bonchev–Trinajstić information content (AvgIpc) is 2.81. The van der Waals surface area contributed by atoms with E-state index < -0.39 is 61.7 Å². The third-order valence-corrected chi connectivity index (χ3v) is 6.09. The largest absolute Gasteiger partial charge is 0.438 e. The zero-order valence-electron chi connectivity index (χ0n) is 17.4. The number of amides is 1. The highest BCUT2D eigenvalue weighted by Crippen LogP contribution is 2.57. The normalized spacial score (nSPS) is 21.0. The average molecular weight is 423 g/mol. The first kappa shape index (κ1) is 24.6. The van der Waals surface area contributed by atoms with Gasteiger partial charge in [0.2, 0.25) is 19.5 Å². The Morgan fingerprint density at radius 1 is 1.04 bits per heavy atom. The third kappa shape index (κ3) is 6.27. The molecule has 11 heteroatoms. The maximum absolute atomic E-state index is 13.2. The maximum Gasteiger partial charge on any atom is 0.349 e. The maximum atomic E-state index is 13.2. The monoisotopic (exact) mass is 423 g/mol. The summed E-state index contributed by atoms with van der Waals surface area (Å²) in [7, 11) is -2.88. The second-order valence-corrected chi connectivity index (χ2v) is 10.8. The van der Waals surface area contributed by atoms with E-state index in [-0.39, 0.29) is 6.42 Å². The zero-order chi connectivity index (χ0) is 21.9. The molecule has 0 bridgehead atoms. The van der Waals surface area contributed by atoms with Crippen molar-refractivity contribution in [1.29, 1.82) is 0 Å². The van der Waals surface area contributed by atoms with Gasteiger partial charge in [-0.05, 0) is 41.5 Å². The SMILES string of the molecule is CN1C(=O)C(P(=O)(OCOC(=O)C(C)(C)C)OCOC(=O)C(C)(C)C)CC1O. The van der Waals surface area contributed by atoms with Crippen LogP contribution in [0.25, 0.3) is 0 Å². The number of likely N-dealkylation sites (tertiary alicyclic amines) is 1. The minimum atomic E-state index is -4.22. The highest BCUT2D eigenvalue weighted by molar-refractivity contribution is 7.55. The molecule has 0 aromatic heterocycles. The van der Waals surface area contributed by atoms with Crippen molar-refractivity contribution >= 4 is 25.4 Å². The van der Waals surface area contributed by atoms with E-state index in [0.717, 1.165) is 4.90 Å². The van der Waals surface area contributed by atoms with Crippen LogP contribution in [0, 0.1) is 10.8 Å². The van der Waals surface area contributed by atoms with Crippen LogP contribution in [0.5, 0.6) is 0 Å². The quantitative estimate of drug-likeness (QED) is 0.370. The number of carbonyl (C=O) groups excluding carboxylic acids is 3. The van der Waals surface area contributed by atoms with Crippen molar-refractivity contribution in [2.45, 2.75) is 59.9 Å². The molecule has 0 aliphatic carbocycles. The Morgan fingerprint density at radius 2 is 1.43 bits per heavy atom. The van der Waals surface area contributed by atoms with Gasteiger partial charge in [-0.3, -0.25) is 28.0 Å². The fourth-order valence-electron chi connectivity index (χ4n) is 2.06. The summed E-state index contributed by atoms with van der Waals surface area (Å²) < 4.78 is 33.3. The van der Waals surface area contributed by atoms with Gasteiger partial charge in [0.05, 0.1) is 10.8 Å². The Morgan fingerprint density at radius 3 is 1.71 bits per heavy atom. The van der Waals surface area contributed by atoms with Crippen molar-refractivity contribution in [3.63, 3.8) is 0 Å². The van der Waals surface area contributed by atoms with Gasteiger partial charge in [0.15, 0.2) is 0 Å². The summed E-state index contributed by atoms with van der Waals surface area (Å²) in [4.78, 5) is 37.0. The third-order valence-electron chi connectivity index (χ3n) is 3.97. The van der Waals surface area contributed by atoms with Crippen LogP contribution in [-0.4, -0.2) is 60.4 Å². The molecule has 1 rings (SSSR count). The van der Waals surface area contributed by atoms with Crippen LogP contribution in [0.4, 0.5) is 0 Å². The highest BCUT2D eigenvalue weighted by atomic mass is 31.2. The second kappa shape index (κ2) is 8.90. The number of nitrogens with zero attached hydrogens (tertiary/aromatic N) is 1. The van der Waals surface area contributed by atoms with E-state index >= 15 is 0 Å². The number of esters is 2. The Hall–Kier alpha value is -1.48. The molecule has 0 radical (unpaired) electrons. The standard InChI is InChI=1S/C17H30NO9P/c1-16(2,3)14(21)24-9-26-28(23,11-8-12(19)18(7)13(11)20)27-10-25-15(22)17(4,5)6/h11-12,19H,8-10H2,1-7H3. The molecule has 0 saturated carbocycles. The lowest BCUT2D eigenvalue weighted by Gasteiger charge is -2.24. The topological polar surface area (TPSA) is 129 Å². The summed E-state index contributed by atoms with van der Waals surface area (Å²) in [6.45, 7) is 8.33. The molecule has 162 valence electrons. The number of hydrogen-bond donors (Lipinski definition) is 1. The van der Waals surface area contributed by atoms with Gasteiger partial charge >= 0.3 is 19.5 Å². The molecule has 1 heterocycles. The smallest absolute Gasteiger partial charge is 0.349 e. The van der Waals surface area contributed by atoms with Crippen molar-refractivity contribution < 1.29 is 42.6 Å². The molecular formula is C17H30NO9P. The summed E-state index contributed by atoms with van der Waals surface area (Å²) >= 11 is 0. The summed E-state index contributed by atoms with van der Waals surface area (Å²) in [5.41, 5.74) is -2.93. The lowest BCUT2D eigenvalue weighted by molar-refractivity contribution is -0.162. The van der Waals surface area contributed by atoms with Gasteiger partial charge in [-0.25, -0.2) is 0 Å². The first-order valence-electron chi connectivity index (χ1n) is 8.77. The molecule has 2 unspecified atom stereocenters. The first-order valence-corrected chi connectivity index (χ1v) is 10.4. The lowest BCUT2D eigenvalue weighted by atomic mass is 9.98. The van der Waals surface area contributed by atoms with Gasteiger partial charge < -0.3 is 19.5 Å². The minimum absolute atomic E-state index is 0.201. The van der Waals surface area contributed by atoms with Crippen LogP contribution < -0.4 is 0 Å². The van der Waals surface area contributed by atoms with Gasteiger partial charge in [-0.15, -0.1) is 0 Å². The van der Waals surface area contributed by atoms with Crippen molar-refractivity contribution in [3.05, 3.63) is 0 Å². The van der Waals surface area contributed by atoms with Crippen molar-refractivity contribution in [3.8, 4) is 0 Å². The van der Waals surface area contributed by atoms with Crippen LogP contribution >= 0.6 is 7.60 Å². The molecule has 0 aromatic rings. The Balaban J connectivity index is 2.85. The second-order valence-electron chi connectivity index (χ2n) is 8.58. The predicted molar refractivity (Wildman–Crippen MR) is 97.8 cm³/mol. The molecule has 1 aliphatic rings. The lowest BCUT2D eigenvalue weighted by Crippen LogP contribution is -2.31. The summed E-state index contributed by atoms with van der Waals surface area (Å²) in [5, 5.41) is 9.84. The Labute approximate surface area is 165 Å². The van der Waals surface area contributed by atoms with Crippen LogP contribution in [0.3, 0.4) is 0 Å². The molecule has 1 N–H and O–H groups in total. The number of ether oxygens (including phenoxy) is 2. The molecule has 1 aliphatic heterocycles. The molecule has 1 amide bonds. The van der Waals surface area contributed by atoms with Gasteiger partial charge in [0.1, 0.15) is 11.9 Å². The molecule has 10 nitrogen and oxygen atoms in total. The van der Waals surface area contributed by atoms with E-state index in [9.17, 15) is 24.1 Å². The number of aliphatic hydroxyl groups excluding tert-OH is 1. The molecular weight excluding hydrogens is 393 g/mol. The molecule has 1 saturated heterocycles. The van der Waals surface area contributed by atoms with E-state index in [1.807, 2.05) is 0 Å². The Kier molecular flexibility index (Phi) is 7.81. The van der Waals surface area contributed by atoms with Crippen LogP contribution in [-0.2, 0) is 37.5 Å². The molecule has 28 heavy (non-hydrogen) atoms. The van der Waals surface area contributed by atoms with Crippen LogP contribution in [0.1, 0.15) is 48.0 Å². The van der Waals surface area contributed by atoms with E-state index in [0.29, 0.717) is 0 Å². The van der Waals surface area contributed by atoms with Gasteiger partial charge in [-0.2, -0.15) is 0 Å². The predicted octanol–water partition coefficient (Wildman–Crippen LogP) is 1.86. The summed E-state index contributed by atoms with van der Waals surface area (Å²) in [6.07, 6.45) is -1.36. The van der Waals surface area contributed by atoms with Crippen LogP contribution in [0.2, 0.25) is 0 Å².